The molecule has 1 aliphatic heterocycles. The Morgan fingerprint density at radius 2 is 2.00 bits per heavy atom. The van der Waals surface area contributed by atoms with E-state index in [2.05, 4.69) is 25.1 Å². The molecule has 0 bridgehead atoms. The van der Waals surface area contributed by atoms with Gasteiger partial charge in [0.1, 0.15) is 11.4 Å². The molecule has 4 heteroatoms. The van der Waals surface area contributed by atoms with E-state index in [-0.39, 0.29) is 5.69 Å². The van der Waals surface area contributed by atoms with Crippen molar-refractivity contribution >= 4 is 11.4 Å². The molecular formula is C15H16N2O2. The Kier molecular flexibility index (Phi) is 2.66. The van der Waals surface area contributed by atoms with E-state index in [1.165, 1.54) is 16.7 Å². The molecule has 0 aromatic heterocycles. The number of hydrogen-bond acceptors (Lipinski definition) is 4. The van der Waals surface area contributed by atoms with Gasteiger partial charge in [-0.2, -0.15) is 0 Å². The van der Waals surface area contributed by atoms with Gasteiger partial charge in [-0.25, -0.2) is 0 Å². The summed E-state index contributed by atoms with van der Waals surface area (Å²) in [5.74, 6) is 0. The summed E-state index contributed by atoms with van der Waals surface area (Å²) in [5, 5.41) is 0. The maximum absolute atomic E-state index is 11.6. The Hall–Kier alpha value is -2.10. The molecule has 1 heterocycles. The lowest BCUT2D eigenvalue weighted by Gasteiger charge is -2.31. The number of rotatable bonds is 2. The summed E-state index contributed by atoms with van der Waals surface area (Å²) in [4.78, 5) is 24.7. The number of nitrogens with zero attached hydrogens (tertiary/aromatic N) is 1. The standard InChI is InChI=1S/C15H16N2O2/c1-2-9-3-4-10-5-6-17(8-11(10)7-9)13-12(16)14(18)15(13)19/h3-4,7H,2,5-6,8,16H2,1H3. The summed E-state index contributed by atoms with van der Waals surface area (Å²) in [6, 6.07) is 6.50. The summed E-state index contributed by atoms with van der Waals surface area (Å²) in [6.45, 7) is 3.53. The quantitative estimate of drug-likeness (QED) is 0.814. The molecule has 0 amide bonds. The number of nitrogen functional groups attached to an aromatic ring is 1. The van der Waals surface area contributed by atoms with Gasteiger partial charge in [0, 0.05) is 13.1 Å². The second-order valence-electron chi connectivity index (χ2n) is 5.05. The van der Waals surface area contributed by atoms with Crippen molar-refractivity contribution in [1.82, 2.24) is 0 Å². The van der Waals surface area contributed by atoms with Crippen molar-refractivity contribution in [2.75, 3.05) is 17.2 Å². The van der Waals surface area contributed by atoms with Crippen LogP contribution in [0, 0.1) is 0 Å². The van der Waals surface area contributed by atoms with Gasteiger partial charge >= 0.3 is 0 Å². The van der Waals surface area contributed by atoms with Crippen LogP contribution in [0.2, 0.25) is 0 Å². The fraction of sp³-hybridized carbons (Fsp3) is 0.333. The van der Waals surface area contributed by atoms with Crippen LogP contribution in [0.25, 0.3) is 0 Å². The van der Waals surface area contributed by atoms with Gasteiger partial charge in [0.2, 0.25) is 0 Å². The molecule has 4 nitrogen and oxygen atoms in total. The maximum Gasteiger partial charge on any atom is 0.253 e. The minimum Gasteiger partial charge on any atom is -0.394 e. The molecule has 0 saturated heterocycles. The zero-order valence-corrected chi connectivity index (χ0v) is 10.9. The van der Waals surface area contributed by atoms with Crippen LogP contribution in [-0.2, 0) is 19.4 Å². The number of benzene rings is 1. The SMILES string of the molecule is CCc1ccc2c(c1)CN(c1c(N)c(=O)c1=O)CC2. The minimum atomic E-state index is -0.539. The van der Waals surface area contributed by atoms with Gasteiger partial charge < -0.3 is 10.6 Å². The molecule has 19 heavy (non-hydrogen) atoms. The molecule has 3 rings (SSSR count). The molecule has 0 atom stereocenters. The van der Waals surface area contributed by atoms with E-state index in [1.807, 2.05) is 4.90 Å². The lowest BCUT2D eigenvalue weighted by atomic mass is 9.95. The van der Waals surface area contributed by atoms with E-state index >= 15 is 0 Å². The largest absolute Gasteiger partial charge is 0.394 e. The van der Waals surface area contributed by atoms with E-state index in [9.17, 15) is 9.59 Å². The first-order valence-corrected chi connectivity index (χ1v) is 6.56. The number of fused-ring (bicyclic) bond motifs is 1. The molecule has 0 spiro atoms. The topological polar surface area (TPSA) is 63.4 Å². The van der Waals surface area contributed by atoms with E-state index in [1.54, 1.807) is 0 Å². The van der Waals surface area contributed by atoms with Gasteiger partial charge in [-0.05, 0) is 29.5 Å². The fourth-order valence-corrected chi connectivity index (χ4v) is 2.73. The zero-order chi connectivity index (χ0) is 13.6. The predicted molar refractivity (Wildman–Crippen MR) is 76.3 cm³/mol. The number of hydrogen-bond donors (Lipinski definition) is 1. The minimum absolute atomic E-state index is 0.125. The van der Waals surface area contributed by atoms with Crippen LogP contribution < -0.4 is 21.5 Å². The summed E-state index contributed by atoms with van der Waals surface area (Å²) >= 11 is 0. The van der Waals surface area contributed by atoms with Crippen LogP contribution in [0.15, 0.2) is 27.8 Å². The zero-order valence-electron chi connectivity index (χ0n) is 10.9. The van der Waals surface area contributed by atoms with Gasteiger partial charge in [0.05, 0.1) is 0 Å². The van der Waals surface area contributed by atoms with Crippen LogP contribution in [0.1, 0.15) is 23.6 Å². The average Bonchev–Trinajstić information content (AvgIpc) is 2.46. The van der Waals surface area contributed by atoms with Crippen molar-refractivity contribution in [3.63, 3.8) is 0 Å². The molecule has 2 aromatic carbocycles. The first-order valence-electron chi connectivity index (χ1n) is 6.56. The first-order chi connectivity index (χ1) is 9.11. The molecule has 0 fully saturated rings. The van der Waals surface area contributed by atoms with Gasteiger partial charge in [0.15, 0.2) is 0 Å². The molecular weight excluding hydrogens is 240 g/mol. The summed E-state index contributed by atoms with van der Waals surface area (Å²) in [7, 11) is 0. The average molecular weight is 256 g/mol. The Labute approximate surface area is 111 Å². The normalized spacial score (nSPS) is 14.7. The molecule has 0 unspecified atom stereocenters. The summed E-state index contributed by atoms with van der Waals surface area (Å²) < 4.78 is 0. The van der Waals surface area contributed by atoms with Crippen molar-refractivity contribution in [1.29, 1.82) is 0 Å². The Bertz CT molecular complexity index is 711. The van der Waals surface area contributed by atoms with Gasteiger partial charge in [-0.15, -0.1) is 0 Å². The third-order valence-corrected chi connectivity index (χ3v) is 3.93. The highest BCUT2D eigenvalue weighted by Gasteiger charge is 2.26. The maximum atomic E-state index is 11.6. The Morgan fingerprint density at radius 1 is 1.21 bits per heavy atom. The van der Waals surface area contributed by atoms with Crippen molar-refractivity contribution in [3.8, 4) is 0 Å². The lowest BCUT2D eigenvalue weighted by Crippen LogP contribution is -2.44. The molecule has 0 saturated carbocycles. The van der Waals surface area contributed by atoms with Crippen molar-refractivity contribution < 1.29 is 0 Å². The third kappa shape index (κ3) is 1.75. The van der Waals surface area contributed by atoms with Gasteiger partial charge in [-0.3, -0.25) is 9.59 Å². The Morgan fingerprint density at radius 3 is 2.68 bits per heavy atom. The van der Waals surface area contributed by atoms with E-state index in [4.69, 9.17) is 5.73 Å². The van der Waals surface area contributed by atoms with E-state index in [0.29, 0.717) is 12.2 Å². The van der Waals surface area contributed by atoms with Crippen LogP contribution in [0.4, 0.5) is 11.4 Å². The molecule has 2 N–H and O–H groups in total. The van der Waals surface area contributed by atoms with E-state index < -0.39 is 10.9 Å². The van der Waals surface area contributed by atoms with Crippen LogP contribution in [-0.4, -0.2) is 6.54 Å². The fourth-order valence-electron chi connectivity index (χ4n) is 2.73. The van der Waals surface area contributed by atoms with Gasteiger partial charge in [-0.1, -0.05) is 25.1 Å². The lowest BCUT2D eigenvalue weighted by molar-refractivity contribution is 0.725. The third-order valence-electron chi connectivity index (χ3n) is 3.93. The van der Waals surface area contributed by atoms with Gasteiger partial charge in [0.25, 0.3) is 10.9 Å². The molecule has 1 aliphatic rings. The number of anilines is 2. The highest BCUT2D eigenvalue weighted by molar-refractivity contribution is 5.73. The van der Waals surface area contributed by atoms with Crippen LogP contribution >= 0.6 is 0 Å². The van der Waals surface area contributed by atoms with Crippen molar-refractivity contribution in [3.05, 3.63) is 55.3 Å². The van der Waals surface area contributed by atoms with Crippen LogP contribution in [0.5, 0.6) is 0 Å². The van der Waals surface area contributed by atoms with Crippen LogP contribution in [0.3, 0.4) is 0 Å². The first kappa shape index (κ1) is 12.0. The second kappa shape index (κ2) is 4.23. The van der Waals surface area contributed by atoms with Crippen molar-refractivity contribution in [2.45, 2.75) is 26.3 Å². The monoisotopic (exact) mass is 256 g/mol. The van der Waals surface area contributed by atoms with Crippen molar-refractivity contribution in [2.24, 2.45) is 0 Å². The number of aryl methyl sites for hydroxylation is 1. The second-order valence-corrected chi connectivity index (χ2v) is 5.05. The van der Waals surface area contributed by atoms with E-state index in [0.717, 1.165) is 19.4 Å². The Balaban J connectivity index is 1.94. The molecule has 0 aliphatic carbocycles. The molecule has 98 valence electrons. The summed E-state index contributed by atoms with van der Waals surface area (Å²) in [6.07, 6.45) is 1.88. The summed E-state index contributed by atoms with van der Waals surface area (Å²) in [5.41, 5.74) is 9.04. The smallest absolute Gasteiger partial charge is 0.253 e. The number of nitrogens with two attached hydrogens (primary N) is 1. The highest BCUT2D eigenvalue weighted by Crippen LogP contribution is 2.26. The molecule has 2 aromatic rings. The predicted octanol–water partition coefficient (Wildman–Crippen LogP) is 0.990. The molecule has 0 radical (unpaired) electrons. The highest BCUT2D eigenvalue weighted by atomic mass is 16.2.